The number of pyridine rings is 1. The van der Waals surface area contributed by atoms with E-state index in [1.165, 1.54) is 16.8 Å². The number of hydrogen-bond donors (Lipinski definition) is 3. The molecule has 0 atom stereocenters. The molecule has 0 aliphatic heterocycles. The lowest BCUT2D eigenvalue weighted by atomic mass is 10.00. The number of nitrogens with one attached hydrogen (secondary N) is 1. The maximum Gasteiger partial charge on any atom is 0.335 e. The highest BCUT2D eigenvalue weighted by Gasteiger charge is 2.16. The van der Waals surface area contributed by atoms with E-state index < -0.39 is 11.5 Å². The predicted octanol–water partition coefficient (Wildman–Crippen LogP) is 5.28. The molecule has 34 heavy (non-hydrogen) atoms. The van der Waals surface area contributed by atoms with Gasteiger partial charge in [-0.1, -0.05) is 24.3 Å². The highest BCUT2D eigenvalue weighted by atomic mass is 16.4. The number of nitrogens with zero attached hydrogens (tertiary/aromatic N) is 4. The van der Waals surface area contributed by atoms with Crippen LogP contribution in [0.25, 0.3) is 16.8 Å². The Morgan fingerprint density at radius 2 is 1.76 bits per heavy atom. The number of rotatable bonds is 5. The van der Waals surface area contributed by atoms with Crippen LogP contribution in [0.15, 0.2) is 63.6 Å². The van der Waals surface area contributed by atoms with E-state index in [-0.39, 0.29) is 22.8 Å². The number of azo groups is 1. The number of benzene rings is 2. The first-order valence-electron chi connectivity index (χ1n) is 10.5. The third kappa shape index (κ3) is 4.23. The van der Waals surface area contributed by atoms with Crippen LogP contribution in [0.4, 0.5) is 11.5 Å². The molecule has 172 valence electrons. The van der Waals surface area contributed by atoms with Crippen molar-refractivity contribution in [2.45, 2.75) is 27.7 Å². The third-order valence-electron chi connectivity index (χ3n) is 5.56. The fourth-order valence-corrected chi connectivity index (χ4v) is 3.56. The second-order valence-corrected chi connectivity index (χ2v) is 8.06. The number of carboxylic acids is 1. The van der Waals surface area contributed by atoms with E-state index in [0.717, 1.165) is 16.7 Å². The largest absolute Gasteiger partial charge is 0.504 e. The van der Waals surface area contributed by atoms with Gasteiger partial charge in [-0.2, -0.15) is 0 Å². The Labute approximate surface area is 195 Å². The first-order valence-corrected chi connectivity index (χ1v) is 10.5. The molecule has 0 aliphatic carbocycles. The number of carboxylic acid groups (broad SMARTS) is 1. The van der Waals surface area contributed by atoms with E-state index in [2.05, 4.69) is 20.3 Å². The molecule has 0 bridgehead atoms. The molecule has 9 nitrogen and oxygen atoms in total. The summed E-state index contributed by atoms with van der Waals surface area (Å²) >= 11 is 0. The summed E-state index contributed by atoms with van der Waals surface area (Å²) in [4.78, 5) is 28.5. The highest BCUT2D eigenvalue weighted by Crippen LogP contribution is 2.37. The zero-order valence-corrected chi connectivity index (χ0v) is 19.1. The molecular weight excluding hydrogens is 434 g/mol. The van der Waals surface area contributed by atoms with Crippen LogP contribution in [0.3, 0.4) is 0 Å². The Kier molecular flexibility index (Phi) is 5.85. The summed E-state index contributed by atoms with van der Waals surface area (Å²) in [6.07, 6.45) is 0. The molecule has 2 aromatic carbocycles. The van der Waals surface area contributed by atoms with Gasteiger partial charge in [0.05, 0.1) is 16.9 Å². The second kappa shape index (κ2) is 8.78. The van der Waals surface area contributed by atoms with Crippen LogP contribution >= 0.6 is 0 Å². The summed E-state index contributed by atoms with van der Waals surface area (Å²) in [6.45, 7) is 7.45. The first-order chi connectivity index (χ1) is 16.2. The fourth-order valence-electron chi connectivity index (χ4n) is 3.56. The molecule has 2 heterocycles. The Morgan fingerprint density at radius 3 is 2.47 bits per heavy atom. The van der Waals surface area contributed by atoms with Gasteiger partial charge in [0.1, 0.15) is 0 Å². The van der Waals surface area contributed by atoms with Crippen molar-refractivity contribution < 1.29 is 15.0 Å². The predicted molar refractivity (Wildman–Crippen MR) is 128 cm³/mol. The summed E-state index contributed by atoms with van der Waals surface area (Å²) in [7, 11) is 0. The van der Waals surface area contributed by atoms with Crippen LogP contribution in [0, 0.1) is 27.7 Å². The van der Waals surface area contributed by atoms with Crippen molar-refractivity contribution in [1.82, 2.24) is 14.8 Å². The Bertz CT molecular complexity index is 1510. The molecule has 3 N–H and O–H groups in total. The molecule has 0 radical (unpaired) electrons. The molecule has 0 spiro atoms. The van der Waals surface area contributed by atoms with E-state index in [9.17, 15) is 19.8 Å². The van der Waals surface area contributed by atoms with Gasteiger partial charge < -0.3 is 10.2 Å². The number of carbonyl (C=O) groups is 1. The van der Waals surface area contributed by atoms with Gasteiger partial charge in [-0.05, 0) is 68.7 Å². The maximum atomic E-state index is 12.9. The first kappa shape index (κ1) is 22.7. The van der Waals surface area contributed by atoms with Gasteiger partial charge in [-0.15, -0.1) is 10.2 Å². The smallest absolute Gasteiger partial charge is 0.335 e. The SMILES string of the molecule is Cc1cc(-c2ccc(C)c(C)c2)c(O)c(N=Nc2c(C)[nH]n(-c3cccc(C(=O)O)c3)c2=O)n1. The van der Waals surface area contributed by atoms with Crippen LogP contribution in [0.5, 0.6) is 5.75 Å². The van der Waals surface area contributed by atoms with Gasteiger partial charge in [-0.25, -0.2) is 14.5 Å². The maximum absolute atomic E-state index is 12.9. The molecular formula is C25H23N5O4. The van der Waals surface area contributed by atoms with Crippen molar-refractivity contribution in [2.24, 2.45) is 10.2 Å². The Hall–Kier alpha value is -4.53. The third-order valence-corrected chi connectivity index (χ3v) is 5.56. The number of hydrogen-bond acceptors (Lipinski definition) is 6. The molecule has 0 fully saturated rings. The topological polar surface area (TPSA) is 133 Å². The van der Waals surface area contributed by atoms with Crippen molar-refractivity contribution in [2.75, 3.05) is 0 Å². The van der Waals surface area contributed by atoms with Crippen molar-refractivity contribution in [3.8, 4) is 22.6 Å². The molecule has 2 aromatic heterocycles. The summed E-state index contributed by atoms with van der Waals surface area (Å²) in [6, 6.07) is 13.6. The van der Waals surface area contributed by atoms with E-state index in [0.29, 0.717) is 22.6 Å². The molecule has 4 aromatic rings. The number of aromatic carboxylic acids is 1. The molecule has 0 saturated carbocycles. The van der Waals surface area contributed by atoms with Gasteiger partial charge in [0.15, 0.2) is 11.4 Å². The van der Waals surface area contributed by atoms with E-state index >= 15 is 0 Å². The van der Waals surface area contributed by atoms with Gasteiger partial charge in [0.25, 0.3) is 5.56 Å². The monoisotopic (exact) mass is 457 g/mol. The Morgan fingerprint density at radius 1 is 1.00 bits per heavy atom. The van der Waals surface area contributed by atoms with Crippen molar-refractivity contribution in [1.29, 1.82) is 0 Å². The summed E-state index contributed by atoms with van der Waals surface area (Å²) < 4.78 is 1.19. The molecule has 0 unspecified atom stereocenters. The summed E-state index contributed by atoms with van der Waals surface area (Å²) in [5, 5.41) is 31.1. The van der Waals surface area contributed by atoms with Gasteiger partial charge >= 0.3 is 5.97 Å². The number of aryl methyl sites for hydroxylation is 4. The molecule has 0 saturated heterocycles. The van der Waals surface area contributed by atoms with E-state index in [1.54, 1.807) is 32.0 Å². The number of aromatic hydroxyl groups is 1. The van der Waals surface area contributed by atoms with Crippen LogP contribution in [0.1, 0.15) is 32.9 Å². The van der Waals surface area contributed by atoms with E-state index in [1.807, 2.05) is 32.0 Å². The average molecular weight is 457 g/mol. The van der Waals surface area contributed by atoms with Crippen molar-refractivity contribution in [3.05, 3.63) is 87.0 Å². The zero-order chi connectivity index (χ0) is 24.6. The summed E-state index contributed by atoms with van der Waals surface area (Å²) in [5.74, 6) is -1.24. The van der Waals surface area contributed by atoms with Crippen LogP contribution in [-0.4, -0.2) is 30.9 Å². The lowest BCUT2D eigenvalue weighted by molar-refractivity contribution is 0.0697. The number of H-pyrrole nitrogens is 1. The summed E-state index contributed by atoms with van der Waals surface area (Å²) in [5.41, 5.74) is 4.59. The minimum absolute atomic E-state index is 0.00680. The van der Waals surface area contributed by atoms with Gasteiger partial charge in [-0.3, -0.25) is 9.89 Å². The van der Waals surface area contributed by atoms with E-state index in [4.69, 9.17) is 0 Å². The molecule has 0 aliphatic rings. The van der Waals surface area contributed by atoms with Crippen LogP contribution in [0.2, 0.25) is 0 Å². The van der Waals surface area contributed by atoms with Gasteiger partial charge in [0.2, 0.25) is 5.82 Å². The van der Waals surface area contributed by atoms with Crippen LogP contribution < -0.4 is 5.56 Å². The lowest BCUT2D eigenvalue weighted by Gasteiger charge is -2.10. The molecule has 9 heteroatoms. The fraction of sp³-hybridized carbons (Fsp3) is 0.160. The molecule has 4 rings (SSSR count). The minimum atomic E-state index is -1.10. The highest BCUT2D eigenvalue weighted by molar-refractivity contribution is 5.88. The van der Waals surface area contributed by atoms with Crippen molar-refractivity contribution in [3.63, 3.8) is 0 Å². The number of aromatic nitrogens is 3. The quantitative estimate of drug-likeness (QED) is 0.351. The van der Waals surface area contributed by atoms with Gasteiger partial charge in [0, 0.05) is 11.3 Å². The minimum Gasteiger partial charge on any atom is -0.504 e. The number of aromatic amines is 1. The van der Waals surface area contributed by atoms with Crippen LogP contribution in [-0.2, 0) is 0 Å². The zero-order valence-electron chi connectivity index (χ0n) is 19.1. The second-order valence-electron chi connectivity index (χ2n) is 8.06. The Balaban J connectivity index is 1.75. The molecule has 0 amide bonds. The van der Waals surface area contributed by atoms with Crippen molar-refractivity contribution >= 4 is 17.5 Å². The average Bonchev–Trinajstić information content (AvgIpc) is 3.09. The standard InChI is InChI=1S/C25H23N5O4/c1-13-8-9-17(10-14(13)2)20-11-15(3)26-23(22(20)31)28-27-21-16(4)29-30(24(21)32)19-7-5-6-18(12-19)25(33)34/h5-12,29,31H,1-4H3,(H,33,34). The lowest BCUT2D eigenvalue weighted by Crippen LogP contribution is -2.14. The normalized spacial score (nSPS) is 11.3.